The number of methoxy groups -OCH3 is 1. The van der Waals surface area contributed by atoms with Crippen molar-refractivity contribution >= 4 is 11.3 Å². The highest BCUT2D eigenvalue weighted by atomic mass is 32.1. The Morgan fingerprint density at radius 3 is 2.84 bits per heavy atom. The van der Waals surface area contributed by atoms with E-state index in [1.54, 1.807) is 24.5 Å². The Kier molecular flexibility index (Phi) is 4.56. The molecule has 2 aromatic rings. The third-order valence-electron chi connectivity index (χ3n) is 3.10. The molecule has 0 radical (unpaired) electrons. The fraction of sp³-hybridized carbons (Fsp3) is 0.333. The fourth-order valence-corrected chi connectivity index (χ4v) is 3.11. The quantitative estimate of drug-likeness (QED) is 0.896. The Bertz CT molecular complexity index is 553. The van der Waals surface area contributed by atoms with Crippen LogP contribution in [-0.2, 0) is 0 Å². The number of halogens is 1. The molecule has 1 heterocycles. The van der Waals surface area contributed by atoms with E-state index in [0.29, 0.717) is 0 Å². The molecule has 1 aromatic heterocycles. The van der Waals surface area contributed by atoms with E-state index in [9.17, 15) is 4.39 Å². The highest BCUT2D eigenvalue weighted by Crippen LogP contribution is 2.36. The second-order valence-corrected chi connectivity index (χ2v) is 5.29. The molecule has 0 aliphatic heterocycles. The molecule has 0 spiro atoms. The van der Waals surface area contributed by atoms with Crippen LogP contribution in [0, 0.1) is 12.7 Å². The number of hydrogen-bond donors (Lipinski definition) is 1. The number of aryl methyl sites for hydroxylation is 1. The van der Waals surface area contributed by atoms with Crippen molar-refractivity contribution in [1.82, 2.24) is 5.32 Å². The molecule has 2 nitrogen and oxygen atoms in total. The van der Waals surface area contributed by atoms with Crippen molar-refractivity contribution in [2.45, 2.75) is 19.9 Å². The number of thiophene rings is 1. The molecular formula is C15H18FNOS. The minimum absolute atomic E-state index is 0.0318. The van der Waals surface area contributed by atoms with Crippen LogP contribution in [0.5, 0.6) is 5.75 Å². The van der Waals surface area contributed by atoms with Gasteiger partial charge in [0.05, 0.1) is 18.0 Å². The molecule has 0 saturated heterocycles. The number of hydrogen-bond acceptors (Lipinski definition) is 3. The molecule has 2 rings (SSSR count). The first-order valence-corrected chi connectivity index (χ1v) is 7.16. The van der Waals surface area contributed by atoms with E-state index in [1.165, 1.54) is 6.07 Å². The first-order valence-electron chi connectivity index (χ1n) is 6.28. The maximum Gasteiger partial charge on any atom is 0.134 e. The van der Waals surface area contributed by atoms with E-state index in [2.05, 4.69) is 5.32 Å². The summed E-state index contributed by atoms with van der Waals surface area (Å²) in [4.78, 5) is 1.08. The van der Waals surface area contributed by atoms with E-state index in [0.717, 1.165) is 28.3 Å². The molecule has 1 aromatic carbocycles. The Labute approximate surface area is 117 Å². The first kappa shape index (κ1) is 14.0. The predicted molar refractivity (Wildman–Crippen MR) is 77.5 cm³/mol. The molecule has 0 saturated carbocycles. The van der Waals surface area contributed by atoms with Gasteiger partial charge in [0.25, 0.3) is 0 Å². The van der Waals surface area contributed by atoms with Gasteiger partial charge in [-0.2, -0.15) is 0 Å². The van der Waals surface area contributed by atoms with Gasteiger partial charge in [0.1, 0.15) is 11.6 Å². The SMILES string of the molecule is CCNC(c1cc(F)ccc1C)c1sccc1OC. The number of rotatable bonds is 5. The van der Waals surface area contributed by atoms with Crippen LogP contribution >= 0.6 is 11.3 Å². The lowest BCUT2D eigenvalue weighted by Gasteiger charge is -2.20. The smallest absolute Gasteiger partial charge is 0.134 e. The molecule has 1 unspecified atom stereocenters. The Morgan fingerprint density at radius 2 is 2.16 bits per heavy atom. The Morgan fingerprint density at radius 1 is 1.37 bits per heavy atom. The lowest BCUT2D eigenvalue weighted by molar-refractivity contribution is 0.407. The topological polar surface area (TPSA) is 21.3 Å². The highest BCUT2D eigenvalue weighted by Gasteiger charge is 2.20. The van der Waals surface area contributed by atoms with Crippen LogP contribution in [0.2, 0.25) is 0 Å². The van der Waals surface area contributed by atoms with Crippen LogP contribution in [-0.4, -0.2) is 13.7 Å². The fourth-order valence-electron chi connectivity index (χ4n) is 2.16. The van der Waals surface area contributed by atoms with E-state index < -0.39 is 0 Å². The van der Waals surface area contributed by atoms with E-state index >= 15 is 0 Å². The Balaban J connectivity index is 2.48. The molecule has 4 heteroatoms. The maximum atomic E-state index is 13.5. The lowest BCUT2D eigenvalue weighted by atomic mass is 9.99. The normalized spacial score (nSPS) is 12.4. The van der Waals surface area contributed by atoms with Gasteiger partial charge in [0.2, 0.25) is 0 Å². The van der Waals surface area contributed by atoms with Crippen molar-refractivity contribution in [3.63, 3.8) is 0 Å². The van der Waals surface area contributed by atoms with Gasteiger partial charge in [-0.05, 0) is 48.2 Å². The maximum absolute atomic E-state index is 13.5. The second-order valence-electron chi connectivity index (χ2n) is 4.34. The van der Waals surface area contributed by atoms with Crippen molar-refractivity contribution in [1.29, 1.82) is 0 Å². The average Bonchev–Trinajstić information content (AvgIpc) is 2.87. The van der Waals surface area contributed by atoms with Gasteiger partial charge in [-0.25, -0.2) is 4.39 Å². The van der Waals surface area contributed by atoms with E-state index in [4.69, 9.17) is 4.74 Å². The van der Waals surface area contributed by atoms with Crippen molar-refractivity contribution in [3.8, 4) is 5.75 Å². The summed E-state index contributed by atoms with van der Waals surface area (Å²) >= 11 is 1.62. The van der Waals surface area contributed by atoms with Gasteiger partial charge in [-0.15, -0.1) is 11.3 Å². The van der Waals surface area contributed by atoms with Crippen LogP contribution in [0.1, 0.15) is 29.0 Å². The summed E-state index contributed by atoms with van der Waals surface area (Å²) in [5.74, 6) is 0.638. The molecule has 0 fully saturated rings. The van der Waals surface area contributed by atoms with Gasteiger partial charge in [-0.3, -0.25) is 0 Å². The minimum Gasteiger partial charge on any atom is -0.496 e. The summed E-state index contributed by atoms with van der Waals surface area (Å²) in [5.41, 5.74) is 2.03. The predicted octanol–water partition coefficient (Wildman–Crippen LogP) is 3.90. The van der Waals surface area contributed by atoms with Gasteiger partial charge < -0.3 is 10.1 Å². The van der Waals surface area contributed by atoms with Gasteiger partial charge in [-0.1, -0.05) is 13.0 Å². The summed E-state index contributed by atoms with van der Waals surface area (Å²) in [6.07, 6.45) is 0. The molecule has 102 valence electrons. The van der Waals surface area contributed by atoms with Crippen LogP contribution in [0.15, 0.2) is 29.6 Å². The molecule has 0 aliphatic carbocycles. The van der Waals surface area contributed by atoms with Crippen LogP contribution in [0.4, 0.5) is 4.39 Å². The summed E-state index contributed by atoms with van der Waals surface area (Å²) in [6.45, 7) is 4.85. The zero-order chi connectivity index (χ0) is 13.8. The first-order chi connectivity index (χ1) is 9.17. The van der Waals surface area contributed by atoms with Gasteiger partial charge in [0.15, 0.2) is 0 Å². The summed E-state index contributed by atoms with van der Waals surface area (Å²) < 4.78 is 18.9. The minimum atomic E-state index is -0.209. The Hall–Kier alpha value is -1.39. The van der Waals surface area contributed by atoms with E-state index in [1.807, 2.05) is 31.4 Å². The molecule has 19 heavy (non-hydrogen) atoms. The zero-order valence-corrected chi connectivity index (χ0v) is 12.2. The zero-order valence-electron chi connectivity index (χ0n) is 11.4. The summed E-state index contributed by atoms with van der Waals surface area (Å²) in [5, 5.41) is 5.40. The summed E-state index contributed by atoms with van der Waals surface area (Å²) in [6, 6.07) is 6.82. The second kappa shape index (κ2) is 6.17. The standard InChI is InChI=1S/C15H18FNOS/c1-4-17-14(15-13(18-3)7-8-19-15)12-9-11(16)6-5-10(12)2/h5-9,14,17H,4H2,1-3H3. The van der Waals surface area contributed by atoms with Crippen LogP contribution in [0.3, 0.4) is 0 Å². The van der Waals surface area contributed by atoms with Gasteiger partial charge >= 0.3 is 0 Å². The third-order valence-corrected chi connectivity index (χ3v) is 4.06. The molecule has 0 aliphatic rings. The van der Waals surface area contributed by atoms with Crippen molar-refractivity contribution in [2.24, 2.45) is 0 Å². The molecule has 1 atom stereocenters. The number of benzene rings is 1. The number of ether oxygens (including phenoxy) is 1. The lowest BCUT2D eigenvalue weighted by Crippen LogP contribution is -2.22. The van der Waals surface area contributed by atoms with Crippen molar-refractivity contribution < 1.29 is 9.13 Å². The average molecular weight is 279 g/mol. The largest absolute Gasteiger partial charge is 0.496 e. The van der Waals surface area contributed by atoms with Crippen LogP contribution in [0.25, 0.3) is 0 Å². The number of nitrogens with one attached hydrogen (secondary N) is 1. The molecule has 0 amide bonds. The van der Waals surface area contributed by atoms with Crippen LogP contribution < -0.4 is 10.1 Å². The third kappa shape index (κ3) is 2.96. The van der Waals surface area contributed by atoms with E-state index in [-0.39, 0.29) is 11.9 Å². The van der Waals surface area contributed by atoms with Gasteiger partial charge in [0, 0.05) is 0 Å². The van der Waals surface area contributed by atoms with Crippen molar-refractivity contribution in [2.75, 3.05) is 13.7 Å². The monoisotopic (exact) mass is 279 g/mol. The molecular weight excluding hydrogens is 261 g/mol. The molecule has 1 N–H and O–H groups in total. The summed E-state index contributed by atoms with van der Waals surface area (Å²) in [7, 11) is 1.66. The highest BCUT2D eigenvalue weighted by molar-refractivity contribution is 7.10. The van der Waals surface area contributed by atoms with Crippen molar-refractivity contribution in [3.05, 3.63) is 51.5 Å². The molecule has 0 bridgehead atoms.